The first kappa shape index (κ1) is 14.8. The van der Waals surface area contributed by atoms with Crippen molar-refractivity contribution in [1.82, 2.24) is 15.1 Å². The molecule has 0 saturated carbocycles. The molecule has 0 bridgehead atoms. The number of nitro groups is 1. The van der Waals surface area contributed by atoms with Crippen molar-refractivity contribution >= 4 is 11.5 Å². The Hall–Kier alpha value is -1.63. The molecule has 1 aliphatic rings. The average molecular weight is 281 g/mol. The number of aryl methyl sites for hydroxylation is 1. The van der Waals surface area contributed by atoms with Crippen LogP contribution in [0.3, 0.4) is 0 Å². The summed E-state index contributed by atoms with van der Waals surface area (Å²) in [7, 11) is 1.79. The summed E-state index contributed by atoms with van der Waals surface area (Å²) < 4.78 is 1.65. The predicted octanol–water partition coefficient (Wildman–Crippen LogP) is 1.64. The van der Waals surface area contributed by atoms with Crippen LogP contribution in [0.5, 0.6) is 0 Å². The summed E-state index contributed by atoms with van der Waals surface area (Å²) in [5.41, 5.74) is 0.717. The Kier molecular flexibility index (Phi) is 3.99. The largest absolute Gasteiger partial charge is 0.346 e. The number of hydrogen-bond acceptors (Lipinski definition) is 5. The van der Waals surface area contributed by atoms with Crippen LogP contribution in [0.25, 0.3) is 0 Å². The fourth-order valence-electron chi connectivity index (χ4n) is 2.73. The number of aromatic nitrogens is 2. The average Bonchev–Trinajstić information content (AvgIpc) is 2.70. The lowest BCUT2D eigenvalue weighted by atomic mass is 10.1. The van der Waals surface area contributed by atoms with E-state index in [4.69, 9.17) is 0 Å². The fourth-order valence-corrected chi connectivity index (χ4v) is 2.73. The summed E-state index contributed by atoms with van der Waals surface area (Å²) in [5.74, 6) is 0.658. The monoisotopic (exact) mass is 281 g/mol. The van der Waals surface area contributed by atoms with E-state index >= 15 is 0 Å². The molecule has 1 fully saturated rings. The molecule has 1 saturated heterocycles. The van der Waals surface area contributed by atoms with Crippen LogP contribution in [0, 0.1) is 10.1 Å². The third-order valence-corrected chi connectivity index (χ3v) is 3.78. The van der Waals surface area contributed by atoms with Crippen LogP contribution in [-0.2, 0) is 7.05 Å². The molecule has 0 radical (unpaired) electrons. The minimum Gasteiger partial charge on any atom is -0.346 e. The number of piperazine rings is 1. The third kappa shape index (κ3) is 2.49. The van der Waals surface area contributed by atoms with E-state index in [0.717, 1.165) is 13.1 Å². The summed E-state index contributed by atoms with van der Waals surface area (Å²) in [4.78, 5) is 13.3. The quantitative estimate of drug-likeness (QED) is 0.673. The topological polar surface area (TPSA) is 76.2 Å². The summed E-state index contributed by atoms with van der Waals surface area (Å²) in [5, 5.41) is 19.3. The Labute approximate surface area is 119 Å². The van der Waals surface area contributed by atoms with E-state index in [1.54, 1.807) is 11.7 Å². The van der Waals surface area contributed by atoms with Crippen molar-refractivity contribution in [1.29, 1.82) is 0 Å². The summed E-state index contributed by atoms with van der Waals surface area (Å²) >= 11 is 0. The van der Waals surface area contributed by atoms with Crippen LogP contribution in [0.4, 0.5) is 11.5 Å². The number of nitrogens with zero attached hydrogens (tertiary/aromatic N) is 4. The maximum absolute atomic E-state index is 11.5. The molecule has 2 unspecified atom stereocenters. The van der Waals surface area contributed by atoms with Crippen LogP contribution < -0.4 is 10.2 Å². The van der Waals surface area contributed by atoms with E-state index in [1.165, 1.54) is 0 Å². The lowest BCUT2D eigenvalue weighted by Crippen LogP contribution is -2.55. The highest BCUT2D eigenvalue weighted by molar-refractivity contribution is 5.63. The Morgan fingerprint density at radius 3 is 2.65 bits per heavy atom. The van der Waals surface area contributed by atoms with Crippen LogP contribution in [0.2, 0.25) is 0 Å². The first-order valence-electron chi connectivity index (χ1n) is 7.04. The van der Waals surface area contributed by atoms with Gasteiger partial charge >= 0.3 is 5.69 Å². The molecule has 1 aromatic heterocycles. The van der Waals surface area contributed by atoms with Gasteiger partial charge in [-0.1, -0.05) is 13.8 Å². The molecule has 7 heteroatoms. The van der Waals surface area contributed by atoms with E-state index in [0.29, 0.717) is 17.6 Å². The second-order valence-electron chi connectivity index (χ2n) is 5.90. The smallest absolute Gasteiger partial charge is 0.334 e. The van der Waals surface area contributed by atoms with E-state index in [9.17, 15) is 10.1 Å². The molecular weight excluding hydrogens is 258 g/mol. The molecule has 2 heterocycles. The summed E-state index contributed by atoms with van der Waals surface area (Å²) in [6.45, 7) is 9.60. The number of nitrogens with one attached hydrogen (secondary N) is 1. The van der Waals surface area contributed by atoms with Crippen molar-refractivity contribution < 1.29 is 4.92 Å². The standard InChI is InChI=1S/C13H23N5O2/c1-8(2)11-12(18(19)20)13(16(5)15-11)17-7-9(3)14-6-10(17)4/h8-10,14H,6-7H2,1-5H3. The molecular formula is C13H23N5O2. The fraction of sp³-hybridized carbons (Fsp3) is 0.769. The second-order valence-corrected chi connectivity index (χ2v) is 5.90. The number of hydrogen-bond donors (Lipinski definition) is 1. The molecule has 0 spiro atoms. The zero-order valence-electron chi connectivity index (χ0n) is 12.8. The SMILES string of the molecule is CC1CN(c2c([N+](=O)[O-])c(C(C)C)nn2C)C(C)CN1. The first-order valence-corrected chi connectivity index (χ1v) is 7.04. The Bertz CT molecular complexity index is 511. The zero-order chi connectivity index (χ0) is 15.0. The van der Waals surface area contributed by atoms with Crippen molar-refractivity contribution in [3.05, 3.63) is 15.8 Å². The van der Waals surface area contributed by atoms with E-state index in [2.05, 4.69) is 29.2 Å². The molecule has 2 rings (SSSR count). The van der Waals surface area contributed by atoms with Crippen molar-refractivity contribution in [3.8, 4) is 0 Å². The molecule has 1 aliphatic heterocycles. The van der Waals surface area contributed by atoms with Crippen molar-refractivity contribution in [2.75, 3.05) is 18.0 Å². The van der Waals surface area contributed by atoms with Crippen LogP contribution in [0.15, 0.2) is 0 Å². The summed E-state index contributed by atoms with van der Waals surface area (Å²) in [6, 6.07) is 0.517. The number of anilines is 1. The second kappa shape index (κ2) is 5.40. The van der Waals surface area contributed by atoms with Gasteiger partial charge < -0.3 is 10.2 Å². The number of rotatable bonds is 3. The lowest BCUT2D eigenvalue weighted by Gasteiger charge is -2.38. The van der Waals surface area contributed by atoms with Crippen LogP contribution in [0.1, 0.15) is 39.3 Å². The van der Waals surface area contributed by atoms with Gasteiger partial charge in [-0.15, -0.1) is 0 Å². The van der Waals surface area contributed by atoms with Gasteiger partial charge in [0.25, 0.3) is 0 Å². The van der Waals surface area contributed by atoms with E-state index < -0.39 is 0 Å². The normalized spacial score (nSPS) is 23.4. The molecule has 1 aromatic rings. The molecule has 0 aliphatic carbocycles. The van der Waals surface area contributed by atoms with Gasteiger partial charge in [0.1, 0.15) is 5.69 Å². The molecule has 1 N–H and O–H groups in total. The minimum atomic E-state index is -0.295. The van der Waals surface area contributed by atoms with Crippen molar-refractivity contribution in [2.24, 2.45) is 7.05 Å². The van der Waals surface area contributed by atoms with Crippen LogP contribution in [-0.4, -0.2) is 39.9 Å². The maximum atomic E-state index is 11.5. The van der Waals surface area contributed by atoms with Gasteiger partial charge in [0.15, 0.2) is 0 Å². The molecule has 7 nitrogen and oxygen atoms in total. The van der Waals surface area contributed by atoms with Gasteiger partial charge in [-0.05, 0) is 13.8 Å². The van der Waals surface area contributed by atoms with Gasteiger partial charge in [-0.25, -0.2) is 4.68 Å². The van der Waals surface area contributed by atoms with Gasteiger partial charge in [-0.3, -0.25) is 10.1 Å². The van der Waals surface area contributed by atoms with Crippen molar-refractivity contribution in [2.45, 2.75) is 45.7 Å². The van der Waals surface area contributed by atoms with Crippen molar-refractivity contribution in [3.63, 3.8) is 0 Å². The highest BCUT2D eigenvalue weighted by atomic mass is 16.6. The third-order valence-electron chi connectivity index (χ3n) is 3.78. The predicted molar refractivity (Wildman–Crippen MR) is 78.2 cm³/mol. The lowest BCUT2D eigenvalue weighted by molar-refractivity contribution is -0.385. The highest BCUT2D eigenvalue weighted by Gasteiger charge is 2.35. The maximum Gasteiger partial charge on any atom is 0.334 e. The summed E-state index contributed by atoms with van der Waals surface area (Å²) in [6.07, 6.45) is 0. The zero-order valence-corrected chi connectivity index (χ0v) is 12.8. The van der Waals surface area contributed by atoms with Gasteiger partial charge in [-0.2, -0.15) is 5.10 Å². The Balaban J connectivity index is 2.52. The van der Waals surface area contributed by atoms with Gasteiger partial charge in [0.2, 0.25) is 5.82 Å². The first-order chi connectivity index (χ1) is 9.32. The molecule has 0 aromatic carbocycles. The van der Waals surface area contributed by atoms with Gasteiger partial charge in [0, 0.05) is 38.1 Å². The highest BCUT2D eigenvalue weighted by Crippen LogP contribution is 2.36. The Morgan fingerprint density at radius 2 is 2.10 bits per heavy atom. The van der Waals surface area contributed by atoms with Gasteiger partial charge in [0.05, 0.1) is 4.92 Å². The molecule has 20 heavy (non-hydrogen) atoms. The molecule has 2 atom stereocenters. The Morgan fingerprint density at radius 1 is 1.45 bits per heavy atom. The van der Waals surface area contributed by atoms with E-state index in [-0.39, 0.29) is 22.6 Å². The van der Waals surface area contributed by atoms with E-state index in [1.807, 2.05) is 13.8 Å². The molecule has 112 valence electrons. The molecule has 0 amide bonds. The van der Waals surface area contributed by atoms with Crippen LogP contribution >= 0.6 is 0 Å². The minimum absolute atomic E-state index is 0.0333.